The molecule has 5 heteroatoms. The van der Waals surface area contributed by atoms with Gasteiger partial charge in [-0.3, -0.25) is 4.79 Å². The molecule has 0 atom stereocenters. The molecule has 2 aromatic rings. The molecule has 0 unspecified atom stereocenters. The molecule has 5 nitrogen and oxygen atoms in total. The second-order valence-corrected chi connectivity index (χ2v) is 7.61. The monoisotopic (exact) mass is 382 g/mol. The molecule has 0 radical (unpaired) electrons. The van der Waals surface area contributed by atoms with Gasteiger partial charge >= 0.3 is 0 Å². The highest BCUT2D eigenvalue weighted by Gasteiger charge is 2.31. The van der Waals surface area contributed by atoms with E-state index < -0.39 is 5.41 Å². The van der Waals surface area contributed by atoms with Gasteiger partial charge in [0, 0.05) is 24.5 Å². The first kappa shape index (κ1) is 20.1. The van der Waals surface area contributed by atoms with Crippen molar-refractivity contribution in [2.24, 2.45) is 0 Å². The number of amides is 1. The Bertz CT molecular complexity index is 857. The molecule has 0 aromatic heterocycles. The van der Waals surface area contributed by atoms with Crippen molar-refractivity contribution >= 4 is 17.3 Å². The van der Waals surface area contributed by atoms with Gasteiger partial charge in [-0.1, -0.05) is 6.07 Å². The molecule has 150 valence electrons. The third-order valence-corrected chi connectivity index (χ3v) is 5.42. The van der Waals surface area contributed by atoms with E-state index in [1.54, 1.807) is 0 Å². The van der Waals surface area contributed by atoms with Gasteiger partial charge in [-0.05, 0) is 76.1 Å². The first-order valence-corrected chi connectivity index (χ1v) is 9.94. The summed E-state index contributed by atoms with van der Waals surface area (Å²) in [5.41, 5.74) is 3.25. The minimum atomic E-state index is -0.709. The predicted octanol–water partition coefficient (Wildman–Crippen LogP) is 4.53. The van der Waals surface area contributed by atoms with Gasteiger partial charge in [-0.25, -0.2) is 0 Å². The summed E-state index contributed by atoms with van der Waals surface area (Å²) in [6.45, 7) is 13.2. The number of anilines is 2. The van der Waals surface area contributed by atoms with Crippen molar-refractivity contribution in [2.75, 3.05) is 36.5 Å². The van der Waals surface area contributed by atoms with Crippen LogP contribution in [0, 0.1) is 6.92 Å². The van der Waals surface area contributed by atoms with E-state index in [2.05, 4.69) is 36.2 Å². The van der Waals surface area contributed by atoms with Gasteiger partial charge in [-0.15, -0.1) is 0 Å². The predicted molar refractivity (Wildman–Crippen MR) is 114 cm³/mol. The average molecular weight is 383 g/mol. The van der Waals surface area contributed by atoms with E-state index in [4.69, 9.17) is 9.47 Å². The molecule has 0 spiro atoms. The van der Waals surface area contributed by atoms with Gasteiger partial charge in [0.25, 0.3) is 0 Å². The zero-order chi connectivity index (χ0) is 20.3. The van der Waals surface area contributed by atoms with Crippen LogP contribution in [0.4, 0.5) is 11.4 Å². The van der Waals surface area contributed by atoms with Gasteiger partial charge in [-0.2, -0.15) is 0 Å². The first-order chi connectivity index (χ1) is 13.4. The molecule has 28 heavy (non-hydrogen) atoms. The normalized spacial score (nSPS) is 13.2. The van der Waals surface area contributed by atoms with Crippen LogP contribution in [0.5, 0.6) is 11.5 Å². The lowest BCUT2D eigenvalue weighted by Crippen LogP contribution is -2.35. The lowest BCUT2D eigenvalue weighted by atomic mass is 9.83. The van der Waals surface area contributed by atoms with E-state index in [9.17, 15) is 4.79 Å². The van der Waals surface area contributed by atoms with E-state index >= 15 is 0 Å². The highest BCUT2D eigenvalue weighted by Crippen LogP contribution is 2.36. The molecule has 0 saturated carbocycles. The number of aryl methyl sites for hydroxylation is 1. The summed E-state index contributed by atoms with van der Waals surface area (Å²) in [6.07, 6.45) is 0. The average Bonchev–Trinajstić information content (AvgIpc) is 2.70. The number of rotatable bonds is 6. The molecule has 1 amide bonds. The van der Waals surface area contributed by atoms with E-state index in [-0.39, 0.29) is 5.91 Å². The fourth-order valence-electron chi connectivity index (χ4n) is 3.42. The summed E-state index contributed by atoms with van der Waals surface area (Å²) in [7, 11) is 0. The first-order valence-electron chi connectivity index (χ1n) is 9.94. The molecule has 2 aromatic carbocycles. The minimum absolute atomic E-state index is 0.0529. The van der Waals surface area contributed by atoms with E-state index in [1.165, 1.54) is 5.69 Å². The highest BCUT2D eigenvalue weighted by atomic mass is 16.6. The Hall–Kier alpha value is -2.69. The van der Waals surface area contributed by atoms with E-state index in [1.807, 2.05) is 45.0 Å². The lowest BCUT2D eigenvalue weighted by Gasteiger charge is -2.27. The number of benzene rings is 2. The van der Waals surface area contributed by atoms with Crippen LogP contribution in [0.1, 0.15) is 38.8 Å². The summed E-state index contributed by atoms with van der Waals surface area (Å²) in [6, 6.07) is 11.9. The molecule has 0 aliphatic carbocycles. The Labute approximate surface area is 167 Å². The topological polar surface area (TPSA) is 50.8 Å². The summed E-state index contributed by atoms with van der Waals surface area (Å²) < 4.78 is 11.3. The zero-order valence-corrected chi connectivity index (χ0v) is 17.5. The largest absolute Gasteiger partial charge is 0.486 e. The van der Waals surface area contributed by atoms with Crippen LogP contribution in [0.2, 0.25) is 0 Å². The Morgan fingerprint density at radius 3 is 2.36 bits per heavy atom. The number of carbonyl (C=O) groups is 1. The molecule has 1 aliphatic heterocycles. The fraction of sp³-hybridized carbons (Fsp3) is 0.435. The van der Waals surface area contributed by atoms with Crippen LogP contribution in [0.3, 0.4) is 0 Å². The lowest BCUT2D eigenvalue weighted by molar-refractivity contribution is -0.120. The van der Waals surface area contributed by atoms with Gasteiger partial charge in [0.05, 0.1) is 5.41 Å². The van der Waals surface area contributed by atoms with Crippen molar-refractivity contribution in [3.63, 3.8) is 0 Å². The summed E-state index contributed by atoms with van der Waals surface area (Å²) in [5.74, 6) is 1.38. The van der Waals surface area contributed by atoms with Crippen LogP contribution in [-0.4, -0.2) is 32.2 Å². The van der Waals surface area contributed by atoms with Crippen molar-refractivity contribution in [3.05, 3.63) is 47.5 Å². The third-order valence-electron chi connectivity index (χ3n) is 5.42. The maximum Gasteiger partial charge on any atom is 0.234 e. The summed E-state index contributed by atoms with van der Waals surface area (Å²) in [4.78, 5) is 15.4. The Morgan fingerprint density at radius 2 is 1.71 bits per heavy atom. The minimum Gasteiger partial charge on any atom is -0.486 e. The summed E-state index contributed by atoms with van der Waals surface area (Å²) in [5, 5.41) is 3.10. The number of hydrogen-bond donors (Lipinski definition) is 1. The Kier molecular flexibility index (Phi) is 5.82. The van der Waals surface area contributed by atoms with E-state index in [0.29, 0.717) is 19.0 Å². The van der Waals surface area contributed by atoms with Crippen LogP contribution in [0.15, 0.2) is 36.4 Å². The number of hydrogen-bond acceptors (Lipinski definition) is 4. The quantitative estimate of drug-likeness (QED) is 0.798. The van der Waals surface area contributed by atoms with Crippen molar-refractivity contribution in [3.8, 4) is 11.5 Å². The number of nitrogens with zero attached hydrogens (tertiary/aromatic N) is 1. The third kappa shape index (κ3) is 3.93. The van der Waals surface area contributed by atoms with Crippen molar-refractivity contribution < 1.29 is 14.3 Å². The molecule has 3 rings (SSSR count). The van der Waals surface area contributed by atoms with Crippen molar-refractivity contribution in [1.29, 1.82) is 0 Å². The van der Waals surface area contributed by atoms with Crippen molar-refractivity contribution in [1.82, 2.24) is 0 Å². The number of carbonyl (C=O) groups excluding carboxylic acids is 1. The van der Waals surface area contributed by atoms with Gasteiger partial charge in [0.2, 0.25) is 5.91 Å². The standard InChI is InChI=1S/C23H30N2O3/c1-6-25(7-2)18-9-10-19(16(3)14-18)24-22(26)23(4,5)17-8-11-20-21(15-17)28-13-12-27-20/h8-11,14-15H,6-7,12-13H2,1-5H3,(H,24,26). The van der Waals surface area contributed by atoms with E-state index in [0.717, 1.165) is 35.7 Å². The Morgan fingerprint density at radius 1 is 1.04 bits per heavy atom. The molecular formula is C23H30N2O3. The maximum atomic E-state index is 13.1. The smallest absolute Gasteiger partial charge is 0.234 e. The molecule has 1 N–H and O–H groups in total. The van der Waals surface area contributed by atoms with Crippen molar-refractivity contribution in [2.45, 2.75) is 40.0 Å². The SMILES string of the molecule is CCN(CC)c1ccc(NC(=O)C(C)(C)c2ccc3c(c2)OCCO3)c(C)c1. The number of ether oxygens (including phenoxy) is 2. The van der Waals surface area contributed by atoms with Crippen LogP contribution in [0.25, 0.3) is 0 Å². The molecular weight excluding hydrogens is 352 g/mol. The van der Waals surface area contributed by atoms with Crippen LogP contribution < -0.4 is 19.7 Å². The van der Waals surface area contributed by atoms with Gasteiger partial charge in [0.1, 0.15) is 13.2 Å². The van der Waals surface area contributed by atoms with Gasteiger partial charge < -0.3 is 19.7 Å². The number of fused-ring (bicyclic) bond motifs is 1. The molecule has 0 fully saturated rings. The molecule has 0 bridgehead atoms. The fourth-order valence-corrected chi connectivity index (χ4v) is 3.42. The Balaban J connectivity index is 1.80. The maximum absolute atomic E-state index is 13.1. The van der Waals surface area contributed by atoms with Gasteiger partial charge in [0.15, 0.2) is 11.5 Å². The van der Waals surface area contributed by atoms with Crippen LogP contribution in [-0.2, 0) is 10.2 Å². The molecule has 1 heterocycles. The molecule has 0 saturated heterocycles. The molecule has 1 aliphatic rings. The summed E-state index contributed by atoms with van der Waals surface area (Å²) >= 11 is 0. The highest BCUT2D eigenvalue weighted by molar-refractivity contribution is 5.99. The zero-order valence-electron chi connectivity index (χ0n) is 17.5. The number of nitrogens with one attached hydrogen (secondary N) is 1. The second kappa shape index (κ2) is 8.13. The second-order valence-electron chi connectivity index (χ2n) is 7.61. The van der Waals surface area contributed by atoms with Crippen LogP contribution >= 0.6 is 0 Å².